The molecule has 2 aromatic carbocycles. The van der Waals surface area contributed by atoms with E-state index in [4.69, 9.17) is 12.2 Å². The standard InChI is InChI=1S/C13H9BrN2O3S2/c14-9-4-5-10-8(6-9)2-1-3-11(10)21(18,19)16-7-12(17)15-13(16)20/h1-7,17H,(H,15,20). The van der Waals surface area contributed by atoms with Crippen LogP contribution in [0.2, 0.25) is 0 Å². The van der Waals surface area contributed by atoms with Crippen LogP contribution in [-0.4, -0.2) is 22.5 Å². The molecule has 8 heteroatoms. The number of aromatic amines is 1. The molecule has 0 fully saturated rings. The normalized spacial score (nSPS) is 11.9. The van der Waals surface area contributed by atoms with Crippen molar-refractivity contribution < 1.29 is 13.5 Å². The van der Waals surface area contributed by atoms with Crippen molar-refractivity contribution in [3.8, 4) is 5.88 Å². The Kier molecular flexibility index (Phi) is 3.39. The zero-order valence-electron chi connectivity index (χ0n) is 10.4. The number of fused-ring (bicyclic) bond motifs is 1. The first-order valence-corrected chi connectivity index (χ1v) is 8.48. The Bertz CT molecular complexity index is 1010. The highest BCUT2D eigenvalue weighted by atomic mass is 79.9. The van der Waals surface area contributed by atoms with Gasteiger partial charge in [-0.15, -0.1) is 0 Å². The third kappa shape index (κ3) is 2.39. The lowest BCUT2D eigenvalue weighted by Crippen LogP contribution is -2.12. The van der Waals surface area contributed by atoms with E-state index in [0.29, 0.717) is 5.39 Å². The Labute approximate surface area is 134 Å². The average molecular weight is 385 g/mol. The van der Waals surface area contributed by atoms with E-state index < -0.39 is 10.0 Å². The predicted octanol–water partition coefficient (Wildman–Crippen LogP) is 3.40. The maximum atomic E-state index is 12.7. The number of imidazole rings is 1. The summed E-state index contributed by atoms with van der Waals surface area (Å²) in [5.74, 6) is -0.299. The number of aromatic nitrogens is 2. The highest BCUT2D eigenvalue weighted by molar-refractivity contribution is 9.10. The Morgan fingerprint density at radius 3 is 2.67 bits per heavy atom. The molecule has 0 unspecified atom stereocenters. The maximum Gasteiger partial charge on any atom is 0.270 e. The molecule has 0 saturated carbocycles. The van der Waals surface area contributed by atoms with Crippen LogP contribution in [0, 0.1) is 4.77 Å². The van der Waals surface area contributed by atoms with E-state index in [-0.39, 0.29) is 15.5 Å². The number of H-pyrrole nitrogens is 1. The molecule has 108 valence electrons. The van der Waals surface area contributed by atoms with Gasteiger partial charge in [-0.3, -0.25) is 0 Å². The van der Waals surface area contributed by atoms with Gasteiger partial charge < -0.3 is 10.1 Å². The molecule has 0 radical (unpaired) electrons. The van der Waals surface area contributed by atoms with E-state index >= 15 is 0 Å². The number of rotatable bonds is 2. The molecule has 21 heavy (non-hydrogen) atoms. The molecule has 3 rings (SSSR count). The maximum absolute atomic E-state index is 12.7. The lowest BCUT2D eigenvalue weighted by atomic mass is 10.1. The van der Waals surface area contributed by atoms with Crippen LogP contribution < -0.4 is 0 Å². The summed E-state index contributed by atoms with van der Waals surface area (Å²) in [7, 11) is -3.88. The Morgan fingerprint density at radius 2 is 2.00 bits per heavy atom. The first kappa shape index (κ1) is 14.3. The predicted molar refractivity (Wildman–Crippen MR) is 85.5 cm³/mol. The van der Waals surface area contributed by atoms with E-state index in [1.54, 1.807) is 18.2 Å². The molecule has 0 saturated heterocycles. The number of hydrogen-bond donors (Lipinski definition) is 2. The number of nitrogens with zero attached hydrogens (tertiary/aromatic N) is 1. The minimum atomic E-state index is -3.88. The molecule has 1 aromatic heterocycles. The lowest BCUT2D eigenvalue weighted by molar-refractivity contribution is 0.456. The monoisotopic (exact) mass is 384 g/mol. The van der Waals surface area contributed by atoms with Gasteiger partial charge in [-0.05, 0) is 35.8 Å². The van der Waals surface area contributed by atoms with E-state index in [1.807, 2.05) is 12.1 Å². The molecule has 0 aliphatic carbocycles. The van der Waals surface area contributed by atoms with Crippen molar-refractivity contribution in [2.75, 3.05) is 0 Å². The van der Waals surface area contributed by atoms with Gasteiger partial charge in [-0.2, -0.15) is 0 Å². The van der Waals surface area contributed by atoms with Gasteiger partial charge in [0.25, 0.3) is 10.0 Å². The first-order chi connectivity index (χ1) is 9.89. The van der Waals surface area contributed by atoms with Crippen molar-refractivity contribution in [3.63, 3.8) is 0 Å². The fourth-order valence-corrected chi connectivity index (χ4v) is 4.36. The molecule has 0 spiro atoms. The summed E-state index contributed by atoms with van der Waals surface area (Å²) in [6.45, 7) is 0. The van der Waals surface area contributed by atoms with Crippen LogP contribution >= 0.6 is 28.1 Å². The summed E-state index contributed by atoms with van der Waals surface area (Å²) in [5, 5.41) is 10.8. The summed E-state index contributed by atoms with van der Waals surface area (Å²) in [4.78, 5) is 2.51. The zero-order chi connectivity index (χ0) is 15.2. The minimum Gasteiger partial charge on any atom is -0.493 e. The summed E-state index contributed by atoms with van der Waals surface area (Å²) >= 11 is 8.28. The second kappa shape index (κ2) is 4.97. The van der Waals surface area contributed by atoms with Gasteiger partial charge in [0, 0.05) is 9.86 Å². The van der Waals surface area contributed by atoms with Crippen LogP contribution in [0.5, 0.6) is 5.88 Å². The number of aromatic hydroxyl groups is 1. The highest BCUT2D eigenvalue weighted by Crippen LogP contribution is 2.28. The van der Waals surface area contributed by atoms with Crippen molar-refractivity contribution in [1.82, 2.24) is 8.96 Å². The van der Waals surface area contributed by atoms with Crippen LogP contribution in [0.15, 0.2) is 52.0 Å². The summed E-state index contributed by atoms with van der Waals surface area (Å²) in [6, 6.07) is 10.3. The van der Waals surface area contributed by atoms with Crippen molar-refractivity contribution in [3.05, 3.63) is 51.8 Å². The first-order valence-electron chi connectivity index (χ1n) is 5.84. The number of hydrogen-bond acceptors (Lipinski definition) is 4. The van der Waals surface area contributed by atoms with Crippen molar-refractivity contribution in [1.29, 1.82) is 0 Å². The quantitative estimate of drug-likeness (QED) is 0.663. The zero-order valence-corrected chi connectivity index (χ0v) is 13.7. The second-order valence-corrected chi connectivity index (χ2v) is 7.45. The third-order valence-electron chi connectivity index (χ3n) is 3.01. The average Bonchev–Trinajstić information content (AvgIpc) is 2.77. The van der Waals surface area contributed by atoms with Crippen molar-refractivity contribution >= 4 is 48.9 Å². The van der Waals surface area contributed by atoms with Crippen LogP contribution in [-0.2, 0) is 10.0 Å². The molecule has 0 atom stereocenters. The number of nitrogens with one attached hydrogen (secondary N) is 1. The summed E-state index contributed by atoms with van der Waals surface area (Å²) < 4.78 is 27.1. The van der Waals surface area contributed by atoms with Crippen LogP contribution in [0.4, 0.5) is 0 Å². The molecular formula is C13H9BrN2O3S2. The molecule has 0 amide bonds. The van der Waals surface area contributed by atoms with Gasteiger partial charge in [0.15, 0.2) is 4.77 Å². The van der Waals surface area contributed by atoms with Crippen molar-refractivity contribution in [2.45, 2.75) is 4.90 Å². The fourth-order valence-electron chi connectivity index (χ4n) is 2.10. The Balaban J connectivity index is 2.34. The second-order valence-electron chi connectivity index (χ2n) is 4.37. The van der Waals surface area contributed by atoms with Crippen LogP contribution in [0.25, 0.3) is 10.8 Å². The summed E-state index contributed by atoms with van der Waals surface area (Å²) in [6.07, 6.45) is 1.05. The lowest BCUT2D eigenvalue weighted by Gasteiger charge is -2.08. The van der Waals surface area contributed by atoms with Crippen LogP contribution in [0.1, 0.15) is 0 Å². The molecule has 1 heterocycles. The number of benzene rings is 2. The topological polar surface area (TPSA) is 75.1 Å². The molecule has 5 nitrogen and oxygen atoms in total. The van der Waals surface area contributed by atoms with Crippen LogP contribution in [0.3, 0.4) is 0 Å². The SMILES string of the molecule is O=S(=O)(c1cccc2cc(Br)ccc12)n1cc(O)[nH]c1=S. The third-order valence-corrected chi connectivity index (χ3v) is 5.64. The van der Waals surface area contributed by atoms with E-state index in [0.717, 1.165) is 20.0 Å². The minimum absolute atomic E-state index is 0.0818. The van der Waals surface area contributed by atoms with Gasteiger partial charge in [-0.25, -0.2) is 12.4 Å². The molecule has 0 aliphatic rings. The van der Waals surface area contributed by atoms with Gasteiger partial charge in [0.2, 0.25) is 5.88 Å². The Hall–Kier alpha value is -1.64. The summed E-state index contributed by atoms with van der Waals surface area (Å²) in [5.41, 5.74) is 0. The number of halogens is 1. The van der Waals surface area contributed by atoms with Gasteiger partial charge >= 0.3 is 0 Å². The van der Waals surface area contributed by atoms with Gasteiger partial charge in [0.05, 0.1) is 11.1 Å². The van der Waals surface area contributed by atoms with E-state index in [1.165, 1.54) is 6.07 Å². The Morgan fingerprint density at radius 1 is 1.24 bits per heavy atom. The van der Waals surface area contributed by atoms with Crippen molar-refractivity contribution in [2.24, 2.45) is 0 Å². The molecule has 3 aromatic rings. The van der Waals surface area contributed by atoms with Gasteiger partial charge in [0.1, 0.15) is 0 Å². The molecular weight excluding hydrogens is 376 g/mol. The largest absolute Gasteiger partial charge is 0.493 e. The van der Waals surface area contributed by atoms with E-state index in [9.17, 15) is 13.5 Å². The smallest absolute Gasteiger partial charge is 0.270 e. The fraction of sp³-hybridized carbons (Fsp3) is 0. The molecule has 0 aliphatic heterocycles. The highest BCUT2D eigenvalue weighted by Gasteiger charge is 2.21. The molecule has 2 N–H and O–H groups in total. The van der Waals surface area contributed by atoms with E-state index in [2.05, 4.69) is 20.9 Å². The molecule has 0 bridgehead atoms. The van der Waals surface area contributed by atoms with Gasteiger partial charge in [-0.1, -0.05) is 34.1 Å².